The molecule has 1 heterocycles. The van der Waals surface area contributed by atoms with Gasteiger partial charge in [0.1, 0.15) is 0 Å². The molecule has 0 aliphatic carbocycles. The van der Waals surface area contributed by atoms with Crippen molar-refractivity contribution in [3.8, 4) is 0 Å². The number of aromatic nitrogens is 2. The number of thioether (sulfide) groups is 1. The molecule has 3 rings (SSSR count). The maximum Gasteiger partial charge on any atom is 0.262 e. The SMILES string of the molecule is CCOCCCn1c(SCC(=O)Nc2c(C)cccc2C(C)C)nc2cc(Cl)ccc2c1=O. The van der Waals surface area contributed by atoms with Crippen molar-refractivity contribution in [2.75, 3.05) is 24.3 Å². The Labute approximate surface area is 203 Å². The molecule has 0 bridgehead atoms. The van der Waals surface area contributed by atoms with Gasteiger partial charge in [0.05, 0.1) is 16.7 Å². The molecule has 0 spiro atoms. The number of hydrogen-bond donors (Lipinski definition) is 1. The molecule has 0 atom stereocenters. The number of nitrogens with one attached hydrogen (secondary N) is 1. The van der Waals surface area contributed by atoms with Crippen molar-refractivity contribution < 1.29 is 9.53 Å². The van der Waals surface area contributed by atoms with Crippen LogP contribution >= 0.6 is 23.4 Å². The minimum atomic E-state index is -0.142. The number of aryl methyl sites for hydroxylation is 1. The lowest BCUT2D eigenvalue weighted by atomic mass is 9.98. The van der Waals surface area contributed by atoms with Gasteiger partial charge in [-0.25, -0.2) is 4.98 Å². The Bertz CT molecular complexity index is 1190. The van der Waals surface area contributed by atoms with Gasteiger partial charge in [-0.15, -0.1) is 0 Å². The van der Waals surface area contributed by atoms with Crippen molar-refractivity contribution in [3.05, 3.63) is 62.9 Å². The van der Waals surface area contributed by atoms with Crippen molar-refractivity contribution in [2.24, 2.45) is 0 Å². The number of fused-ring (bicyclic) bond motifs is 1. The third-order valence-electron chi connectivity index (χ3n) is 5.28. The second-order valence-electron chi connectivity index (χ2n) is 8.09. The Morgan fingerprint density at radius 1 is 1.27 bits per heavy atom. The molecule has 176 valence electrons. The molecule has 8 heteroatoms. The number of rotatable bonds is 10. The summed E-state index contributed by atoms with van der Waals surface area (Å²) in [4.78, 5) is 30.6. The number of hydrogen-bond acceptors (Lipinski definition) is 5. The number of carbonyl (C=O) groups is 1. The van der Waals surface area contributed by atoms with E-state index in [2.05, 4.69) is 24.1 Å². The highest BCUT2D eigenvalue weighted by Gasteiger charge is 2.16. The van der Waals surface area contributed by atoms with E-state index in [1.165, 1.54) is 11.8 Å². The molecule has 33 heavy (non-hydrogen) atoms. The maximum absolute atomic E-state index is 13.1. The predicted octanol–water partition coefficient (Wildman–Crippen LogP) is 5.64. The third kappa shape index (κ3) is 6.37. The van der Waals surface area contributed by atoms with Gasteiger partial charge in [0.25, 0.3) is 5.56 Å². The van der Waals surface area contributed by atoms with Gasteiger partial charge in [-0.3, -0.25) is 14.2 Å². The molecule has 0 fully saturated rings. The van der Waals surface area contributed by atoms with E-state index < -0.39 is 0 Å². The first-order chi connectivity index (χ1) is 15.8. The summed E-state index contributed by atoms with van der Waals surface area (Å²) in [6.45, 7) is 9.77. The summed E-state index contributed by atoms with van der Waals surface area (Å²) in [5.74, 6) is 0.281. The van der Waals surface area contributed by atoms with E-state index in [0.717, 1.165) is 16.8 Å². The lowest BCUT2D eigenvalue weighted by molar-refractivity contribution is -0.113. The van der Waals surface area contributed by atoms with Crippen LogP contribution in [0.2, 0.25) is 5.02 Å². The van der Waals surface area contributed by atoms with Gasteiger partial charge in [0, 0.05) is 30.5 Å². The summed E-state index contributed by atoms with van der Waals surface area (Å²) in [6.07, 6.45) is 0.676. The van der Waals surface area contributed by atoms with Crippen molar-refractivity contribution in [1.29, 1.82) is 0 Å². The van der Waals surface area contributed by atoms with E-state index in [9.17, 15) is 9.59 Å². The molecule has 0 aliphatic heterocycles. The van der Waals surface area contributed by atoms with Gasteiger partial charge in [-0.1, -0.05) is 55.4 Å². The van der Waals surface area contributed by atoms with E-state index >= 15 is 0 Å². The summed E-state index contributed by atoms with van der Waals surface area (Å²) in [6, 6.07) is 11.1. The number of benzene rings is 2. The van der Waals surface area contributed by atoms with Gasteiger partial charge >= 0.3 is 0 Å². The van der Waals surface area contributed by atoms with Crippen LogP contribution < -0.4 is 10.9 Å². The molecule has 0 unspecified atom stereocenters. The highest BCUT2D eigenvalue weighted by atomic mass is 35.5. The van der Waals surface area contributed by atoms with Gasteiger partial charge in [0.2, 0.25) is 5.91 Å². The molecule has 1 N–H and O–H groups in total. The summed E-state index contributed by atoms with van der Waals surface area (Å²) in [5, 5.41) is 4.57. The topological polar surface area (TPSA) is 73.2 Å². The molecule has 0 saturated carbocycles. The Morgan fingerprint density at radius 2 is 2.06 bits per heavy atom. The smallest absolute Gasteiger partial charge is 0.262 e. The zero-order valence-corrected chi connectivity index (χ0v) is 21.1. The zero-order chi connectivity index (χ0) is 24.0. The lowest BCUT2D eigenvalue weighted by Crippen LogP contribution is -2.25. The average molecular weight is 488 g/mol. The molecule has 0 saturated heterocycles. The predicted molar refractivity (Wildman–Crippen MR) is 137 cm³/mol. The van der Waals surface area contributed by atoms with Gasteiger partial charge in [-0.05, 0) is 55.5 Å². The highest BCUT2D eigenvalue weighted by molar-refractivity contribution is 7.99. The quantitative estimate of drug-likeness (QED) is 0.227. The molecule has 1 aromatic heterocycles. The van der Waals surface area contributed by atoms with Crippen molar-refractivity contribution in [1.82, 2.24) is 9.55 Å². The maximum atomic E-state index is 13.1. The fourth-order valence-electron chi connectivity index (χ4n) is 3.60. The number of para-hydroxylation sites is 1. The molecule has 1 amide bonds. The molecule has 0 aliphatic rings. The minimum absolute atomic E-state index is 0.135. The van der Waals surface area contributed by atoms with Crippen LogP contribution in [0, 0.1) is 6.92 Å². The van der Waals surface area contributed by atoms with Crippen LogP contribution in [0.5, 0.6) is 0 Å². The Kier molecular flexibility index (Phi) is 8.95. The summed E-state index contributed by atoms with van der Waals surface area (Å²) >= 11 is 7.37. The number of ether oxygens (including phenoxy) is 1. The van der Waals surface area contributed by atoms with Crippen LogP contribution in [0.4, 0.5) is 5.69 Å². The number of nitrogens with zero attached hydrogens (tertiary/aromatic N) is 2. The molecule has 2 aromatic carbocycles. The van der Waals surface area contributed by atoms with E-state index in [0.29, 0.717) is 47.3 Å². The van der Waals surface area contributed by atoms with E-state index in [-0.39, 0.29) is 23.1 Å². The van der Waals surface area contributed by atoms with Crippen LogP contribution in [0.25, 0.3) is 10.9 Å². The van der Waals surface area contributed by atoms with Crippen molar-refractivity contribution in [2.45, 2.75) is 51.7 Å². The van der Waals surface area contributed by atoms with Crippen molar-refractivity contribution in [3.63, 3.8) is 0 Å². The Balaban J connectivity index is 1.84. The third-order valence-corrected chi connectivity index (χ3v) is 6.49. The molecular weight excluding hydrogens is 458 g/mol. The number of anilines is 1. The van der Waals surface area contributed by atoms with E-state index in [4.69, 9.17) is 16.3 Å². The number of halogens is 1. The van der Waals surface area contributed by atoms with Gasteiger partial charge in [0.15, 0.2) is 5.16 Å². The molecule has 3 aromatic rings. The van der Waals surface area contributed by atoms with Crippen molar-refractivity contribution >= 4 is 45.9 Å². The van der Waals surface area contributed by atoms with Gasteiger partial charge < -0.3 is 10.1 Å². The summed E-state index contributed by atoms with van der Waals surface area (Å²) in [5.41, 5.74) is 3.35. The fraction of sp³-hybridized carbons (Fsp3) is 0.400. The van der Waals surface area contributed by atoms with E-state index in [1.54, 1.807) is 22.8 Å². The van der Waals surface area contributed by atoms with Gasteiger partial charge in [-0.2, -0.15) is 0 Å². The van der Waals surface area contributed by atoms with Crippen LogP contribution in [0.1, 0.15) is 44.2 Å². The highest BCUT2D eigenvalue weighted by Crippen LogP contribution is 2.28. The first-order valence-electron chi connectivity index (χ1n) is 11.1. The Hall–Kier alpha value is -2.35. The average Bonchev–Trinajstić information content (AvgIpc) is 2.77. The second kappa shape index (κ2) is 11.7. The lowest BCUT2D eigenvalue weighted by Gasteiger charge is -2.17. The van der Waals surface area contributed by atoms with Crippen LogP contribution in [0.15, 0.2) is 46.3 Å². The first kappa shape index (κ1) is 25.3. The fourth-order valence-corrected chi connectivity index (χ4v) is 4.59. The summed E-state index contributed by atoms with van der Waals surface area (Å²) < 4.78 is 7.05. The monoisotopic (exact) mass is 487 g/mol. The molecule has 0 radical (unpaired) electrons. The van der Waals surface area contributed by atoms with Crippen LogP contribution in [-0.4, -0.2) is 34.4 Å². The summed E-state index contributed by atoms with van der Waals surface area (Å²) in [7, 11) is 0. The standard InChI is InChI=1S/C25H30ClN3O3S/c1-5-32-13-7-12-29-24(31)20-11-10-18(26)14-21(20)27-25(29)33-15-22(30)28-23-17(4)8-6-9-19(23)16(2)3/h6,8-11,14,16H,5,7,12-13,15H2,1-4H3,(H,28,30). The minimum Gasteiger partial charge on any atom is -0.382 e. The zero-order valence-electron chi connectivity index (χ0n) is 19.5. The van der Waals surface area contributed by atoms with Crippen LogP contribution in [-0.2, 0) is 16.1 Å². The molecule has 6 nitrogen and oxygen atoms in total. The number of carbonyl (C=O) groups excluding carboxylic acids is 1. The first-order valence-corrected chi connectivity index (χ1v) is 12.5. The molecular formula is C25H30ClN3O3S. The number of amides is 1. The normalized spacial score (nSPS) is 11.3. The second-order valence-corrected chi connectivity index (χ2v) is 9.47. The van der Waals surface area contributed by atoms with Crippen LogP contribution in [0.3, 0.4) is 0 Å². The Morgan fingerprint density at radius 3 is 2.79 bits per heavy atom. The van der Waals surface area contributed by atoms with E-state index in [1.807, 2.05) is 32.0 Å². The largest absolute Gasteiger partial charge is 0.382 e.